The molecule has 0 bridgehead atoms. The Labute approximate surface area is 115 Å². The Kier molecular flexibility index (Phi) is 5.24. The summed E-state index contributed by atoms with van der Waals surface area (Å²) in [6.07, 6.45) is 0. The van der Waals surface area contributed by atoms with Crippen LogP contribution in [0.1, 0.15) is 10.4 Å². The number of carbonyl (C=O) groups is 1. The number of nitrogens with zero attached hydrogens (tertiary/aromatic N) is 1. The van der Waals surface area contributed by atoms with Gasteiger partial charge in [0.2, 0.25) is 0 Å². The first-order valence-corrected chi connectivity index (χ1v) is 5.96. The largest absolute Gasteiger partial charge is 0.507 e. The number of hydrogen-bond acceptors (Lipinski definition) is 3. The quantitative estimate of drug-likeness (QED) is 0.826. The Bertz CT molecular complexity index is 408. The predicted molar refractivity (Wildman–Crippen MR) is 71.8 cm³/mol. The highest BCUT2D eigenvalue weighted by Gasteiger charge is 2.20. The van der Waals surface area contributed by atoms with Gasteiger partial charge in [-0.1, -0.05) is 15.9 Å². The molecule has 0 spiro atoms. The van der Waals surface area contributed by atoms with Crippen LogP contribution in [0.15, 0.2) is 22.7 Å². The smallest absolute Gasteiger partial charge is 0.257 e. The van der Waals surface area contributed by atoms with E-state index in [9.17, 15) is 9.90 Å². The summed E-state index contributed by atoms with van der Waals surface area (Å²) in [6.45, 7) is 2.99. The van der Waals surface area contributed by atoms with Gasteiger partial charge in [0.05, 0.1) is 5.56 Å². The van der Waals surface area contributed by atoms with Crippen LogP contribution in [-0.2, 0) is 0 Å². The predicted octanol–water partition coefficient (Wildman–Crippen LogP) is 1.62. The van der Waals surface area contributed by atoms with E-state index in [0.29, 0.717) is 18.7 Å². The lowest BCUT2D eigenvalue weighted by Gasteiger charge is -2.27. The molecule has 1 saturated heterocycles. The van der Waals surface area contributed by atoms with Crippen molar-refractivity contribution in [2.45, 2.75) is 0 Å². The van der Waals surface area contributed by atoms with E-state index in [1.807, 2.05) is 0 Å². The van der Waals surface area contributed by atoms with Crippen molar-refractivity contribution in [3.63, 3.8) is 0 Å². The molecule has 1 aliphatic heterocycles. The van der Waals surface area contributed by atoms with Crippen LogP contribution in [0, 0.1) is 0 Å². The van der Waals surface area contributed by atoms with E-state index in [0.717, 1.165) is 17.6 Å². The van der Waals surface area contributed by atoms with Crippen molar-refractivity contribution in [2.75, 3.05) is 26.2 Å². The molecule has 0 atom stereocenters. The third kappa shape index (κ3) is 3.34. The number of piperazine rings is 1. The first kappa shape index (κ1) is 14.3. The second kappa shape index (κ2) is 6.23. The fourth-order valence-corrected chi connectivity index (χ4v) is 2.07. The highest BCUT2D eigenvalue weighted by atomic mass is 79.9. The second-order valence-electron chi connectivity index (χ2n) is 3.70. The Morgan fingerprint density at radius 1 is 1.35 bits per heavy atom. The highest BCUT2D eigenvalue weighted by molar-refractivity contribution is 9.10. The lowest BCUT2D eigenvalue weighted by molar-refractivity contribution is 0.0733. The van der Waals surface area contributed by atoms with Gasteiger partial charge in [0, 0.05) is 30.7 Å². The molecule has 2 N–H and O–H groups in total. The van der Waals surface area contributed by atoms with E-state index in [1.54, 1.807) is 17.0 Å². The fourth-order valence-electron chi connectivity index (χ4n) is 1.72. The third-order valence-corrected chi connectivity index (χ3v) is 3.09. The Balaban J connectivity index is 0.00000144. The van der Waals surface area contributed by atoms with E-state index in [4.69, 9.17) is 0 Å². The zero-order valence-electron chi connectivity index (χ0n) is 9.15. The summed E-state index contributed by atoms with van der Waals surface area (Å²) >= 11 is 3.25. The normalized spacial score (nSPS) is 15.2. The molecular formula is C11H14BrClN2O2. The molecule has 1 aromatic carbocycles. The molecule has 0 unspecified atom stereocenters. The van der Waals surface area contributed by atoms with Crippen LogP contribution < -0.4 is 5.32 Å². The van der Waals surface area contributed by atoms with Gasteiger partial charge in [0.25, 0.3) is 5.91 Å². The van der Waals surface area contributed by atoms with Crippen molar-refractivity contribution in [1.82, 2.24) is 10.2 Å². The number of phenolic OH excluding ortho intramolecular Hbond substituents is 1. The van der Waals surface area contributed by atoms with E-state index in [2.05, 4.69) is 21.2 Å². The van der Waals surface area contributed by atoms with Crippen LogP contribution >= 0.6 is 28.3 Å². The van der Waals surface area contributed by atoms with Crippen molar-refractivity contribution in [3.05, 3.63) is 28.2 Å². The molecule has 94 valence electrons. The molecule has 1 fully saturated rings. The van der Waals surface area contributed by atoms with Crippen LogP contribution in [0.2, 0.25) is 0 Å². The van der Waals surface area contributed by atoms with Gasteiger partial charge in [-0.15, -0.1) is 12.4 Å². The van der Waals surface area contributed by atoms with Crippen LogP contribution in [0.4, 0.5) is 0 Å². The average molecular weight is 322 g/mol. The lowest BCUT2D eigenvalue weighted by atomic mass is 10.1. The molecule has 0 aliphatic carbocycles. The summed E-state index contributed by atoms with van der Waals surface area (Å²) in [7, 11) is 0. The minimum atomic E-state index is -0.105. The first-order chi connectivity index (χ1) is 7.68. The van der Waals surface area contributed by atoms with E-state index in [-0.39, 0.29) is 24.1 Å². The molecule has 1 aliphatic rings. The monoisotopic (exact) mass is 320 g/mol. The zero-order chi connectivity index (χ0) is 11.5. The van der Waals surface area contributed by atoms with Gasteiger partial charge in [-0.25, -0.2) is 0 Å². The third-order valence-electron chi connectivity index (χ3n) is 2.59. The molecule has 4 nitrogen and oxygen atoms in total. The molecule has 1 heterocycles. The Morgan fingerprint density at radius 3 is 2.59 bits per heavy atom. The van der Waals surface area contributed by atoms with E-state index >= 15 is 0 Å². The number of nitrogens with one attached hydrogen (secondary N) is 1. The summed E-state index contributed by atoms with van der Waals surface area (Å²) in [6, 6.07) is 4.94. The number of carbonyl (C=O) groups excluding carboxylic acids is 1. The fraction of sp³-hybridized carbons (Fsp3) is 0.364. The maximum atomic E-state index is 12.1. The lowest BCUT2D eigenvalue weighted by Crippen LogP contribution is -2.46. The summed E-state index contributed by atoms with van der Waals surface area (Å²) < 4.78 is 0.766. The van der Waals surface area contributed by atoms with Crippen LogP contribution in [-0.4, -0.2) is 42.1 Å². The molecule has 17 heavy (non-hydrogen) atoms. The SMILES string of the molecule is Cl.O=C(c1ccc(Br)cc1O)N1CCNCC1. The Hall–Kier alpha value is -0.780. The number of halogens is 2. The van der Waals surface area contributed by atoms with Gasteiger partial charge in [0.15, 0.2) is 0 Å². The van der Waals surface area contributed by atoms with E-state index in [1.165, 1.54) is 6.07 Å². The van der Waals surface area contributed by atoms with Gasteiger partial charge < -0.3 is 15.3 Å². The molecule has 2 rings (SSSR count). The van der Waals surface area contributed by atoms with Crippen LogP contribution in [0.5, 0.6) is 5.75 Å². The number of rotatable bonds is 1. The summed E-state index contributed by atoms with van der Waals surface area (Å²) in [5, 5.41) is 12.9. The Morgan fingerprint density at radius 2 is 2.00 bits per heavy atom. The summed E-state index contributed by atoms with van der Waals surface area (Å²) in [5.74, 6) is -0.0793. The van der Waals surface area contributed by atoms with Crippen molar-refractivity contribution >= 4 is 34.2 Å². The minimum Gasteiger partial charge on any atom is -0.507 e. The summed E-state index contributed by atoms with van der Waals surface area (Å²) in [4.78, 5) is 13.8. The number of aromatic hydroxyl groups is 1. The molecule has 6 heteroatoms. The van der Waals surface area contributed by atoms with Crippen LogP contribution in [0.25, 0.3) is 0 Å². The topological polar surface area (TPSA) is 52.6 Å². The van der Waals surface area contributed by atoms with Gasteiger partial charge >= 0.3 is 0 Å². The number of hydrogen-bond donors (Lipinski definition) is 2. The maximum absolute atomic E-state index is 12.1. The molecule has 0 aromatic heterocycles. The van der Waals surface area contributed by atoms with Crippen molar-refractivity contribution in [3.8, 4) is 5.75 Å². The van der Waals surface area contributed by atoms with Crippen molar-refractivity contribution in [2.24, 2.45) is 0 Å². The molecule has 1 amide bonds. The zero-order valence-corrected chi connectivity index (χ0v) is 11.6. The number of benzene rings is 1. The molecular weight excluding hydrogens is 307 g/mol. The van der Waals surface area contributed by atoms with Gasteiger partial charge in [-0.2, -0.15) is 0 Å². The minimum absolute atomic E-state index is 0. The number of phenols is 1. The second-order valence-corrected chi connectivity index (χ2v) is 4.62. The highest BCUT2D eigenvalue weighted by Crippen LogP contribution is 2.23. The van der Waals surface area contributed by atoms with Gasteiger partial charge in [0.1, 0.15) is 5.75 Å². The number of amides is 1. The first-order valence-electron chi connectivity index (χ1n) is 5.17. The van der Waals surface area contributed by atoms with Crippen molar-refractivity contribution in [1.29, 1.82) is 0 Å². The standard InChI is InChI=1S/C11H13BrN2O2.ClH/c12-8-1-2-9(10(15)7-8)11(16)14-5-3-13-4-6-14;/h1-2,7,13,15H,3-6H2;1H. The van der Waals surface area contributed by atoms with Crippen LogP contribution in [0.3, 0.4) is 0 Å². The maximum Gasteiger partial charge on any atom is 0.257 e. The average Bonchev–Trinajstić information content (AvgIpc) is 2.29. The van der Waals surface area contributed by atoms with E-state index < -0.39 is 0 Å². The molecule has 1 aromatic rings. The van der Waals surface area contributed by atoms with Gasteiger partial charge in [-0.05, 0) is 18.2 Å². The van der Waals surface area contributed by atoms with Crippen molar-refractivity contribution < 1.29 is 9.90 Å². The summed E-state index contributed by atoms with van der Waals surface area (Å²) in [5.41, 5.74) is 0.366. The molecule has 0 saturated carbocycles. The van der Waals surface area contributed by atoms with Gasteiger partial charge in [-0.3, -0.25) is 4.79 Å². The molecule has 0 radical (unpaired) electrons.